The van der Waals surface area contributed by atoms with Crippen LogP contribution in [0.5, 0.6) is 5.75 Å². The van der Waals surface area contributed by atoms with Crippen LogP contribution in [0, 0.1) is 6.92 Å². The maximum Gasteiger partial charge on any atom is 0.344 e. The van der Waals surface area contributed by atoms with E-state index in [4.69, 9.17) is 13.9 Å². The Kier molecular flexibility index (Phi) is 4.38. The summed E-state index contributed by atoms with van der Waals surface area (Å²) in [5.41, 5.74) is 1.02. The summed E-state index contributed by atoms with van der Waals surface area (Å²) in [6.07, 6.45) is 0. The number of nitrogens with one attached hydrogen (secondary N) is 1. The van der Waals surface area contributed by atoms with Crippen LogP contribution in [-0.4, -0.2) is 25.0 Å². The number of benzene rings is 2. The van der Waals surface area contributed by atoms with Crippen molar-refractivity contribution in [1.82, 2.24) is 0 Å². The fourth-order valence-electron chi connectivity index (χ4n) is 2.99. The van der Waals surface area contributed by atoms with Crippen molar-refractivity contribution in [2.45, 2.75) is 20.8 Å². The van der Waals surface area contributed by atoms with Gasteiger partial charge in [-0.1, -0.05) is 24.3 Å². The molecule has 26 heavy (non-hydrogen) atoms. The topological polar surface area (TPSA) is 94.8 Å². The third kappa shape index (κ3) is 2.77. The largest absolute Gasteiger partial charge is 0.465 e. The molecule has 0 atom stereocenters. The minimum absolute atomic E-state index is 0.00687. The molecule has 1 N–H and O–H groups in total. The molecule has 134 valence electrons. The average molecular weight is 355 g/mol. The van der Waals surface area contributed by atoms with Gasteiger partial charge < -0.3 is 13.9 Å². The standard InChI is InChI=1S/C19H17NO6/c1-9-14-15(19(23)24-4)18(20-10(2)21)26-17(14)13-8-6-5-7-12(13)16(9)25-11(3)22/h5-8H,1-4H3,(H,20,21). The molecule has 0 saturated heterocycles. The fourth-order valence-corrected chi connectivity index (χ4v) is 2.99. The van der Waals surface area contributed by atoms with Crippen molar-refractivity contribution >= 4 is 45.5 Å². The highest BCUT2D eigenvalue weighted by Crippen LogP contribution is 2.43. The third-order valence-electron chi connectivity index (χ3n) is 3.97. The lowest BCUT2D eigenvalue weighted by Gasteiger charge is -2.11. The van der Waals surface area contributed by atoms with Gasteiger partial charge in [0.15, 0.2) is 0 Å². The van der Waals surface area contributed by atoms with E-state index in [9.17, 15) is 14.4 Å². The van der Waals surface area contributed by atoms with E-state index in [1.165, 1.54) is 21.0 Å². The highest BCUT2D eigenvalue weighted by molar-refractivity contribution is 6.19. The minimum atomic E-state index is -0.667. The van der Waals surface area contributed by atoms with E-state index in [0.29, 0.717) is 33.1 Å². The molecule has 0 unspecified atom stereocenters. The molecule has 0 bridgehead atoms. The smallest absolute Gasteiger partial charge is 0.344 e. The molecule has 7 nitrogen and oxygen atoms in total. The average Bonchev–Trinajstić information content (AvgIpc) is 2.96. The van der Waals surface area contributed by atoms with Crippen molar-refractivity contribution in [3.63, 3.8) is 0 Å². The second-order valence-corrected chi connectivity index (χ2v) is 5.78. The summed E-state index contributed by atoms with van der Waals surface area (Å²) in [5, 5.41) is 4.25. The summed E-state index contributed by atoms with van der Waals surface area (Å²) in [4.78, 5) is 35.5. The first-order chi connectivity index (χ1) is 12.3. The van der Waals surface area contributed by atoms with Crippen LogP contribution in [0.25, 0.3) is 21.7 Å². The molecule has 0 radical (unpaired) electrons. The number of furan rings is 1. The Balaban J connectivity index is 2.50. The Morgan fingerprint density at radius 2 is 1.73 bits per heavy atom. The Bertz CT molecular complexity index is 1060. The number of anilines is 1. The number of carbonyl (C=O) groups is 3. The zero-order valence-electron chi connectivity index (χ0n) is 14.8. The number of fused-ring (bicyclic) bond motifs is 3. The van der Waals surface area contributed by atoms with E-state index in [1.54, 1.807) is 31.2 Å². The van der Waals surface area contributed by atoms with E-state index in [0.717, 1.165) is 0 Å². The van der Waals surface area contributed by atoms with Gasteiger partial charge in [0.25, 0.3) is 0 Å². The van der Waals surface area contributed by atoms with Crippen molar-refractivity contribution in [2.75, 3.05) is 12.4 Å². The van der Waals surface area contributed by atoms with Crippen LogP contribution in [0.3, 0.4) is 0 Å². The zero-order valence-corrected chi connectivity index (χ0v) is 14.8. The summed E-state index contributed by atoms with van der Waals surface area (Å²) < 4.78 is 16.1. The molecule has 2 aromatic carbocycles. The summed E-state index contributed by atoms with van der Waals surface area (Å²) in [5.74, 6) is -1.22. The van der Waals surface area contributed by atoms with Gasteiger partial charge in [-0.3, -0.25) is 14.9 Å². The van der Waals surface area contributed by atoms with Gasteiger partial charge in [0.1, 0.15) is 16.9 Å². The minimum Gasteiger partial charge on any atom is -0.465 e. The van der Waals surface area contributed by atoms with Crippen molar-refractivity contribution in [3.05, 3.63) is 35.4 Å². The van der Waals surface area contributed by atoms with Gasteiger partial charge in [0.05, 0.1) is 7.11 Å². The van der Waals surface area contributed by atoms with Crippen molar-refractivity contribution in [1.29, 1.82) is 0 Å². The summed E-state index contributed by atoms with van der Waals surface area (Å²) in [7, 11) is 1.24. The molecular formula is C19H17NO6. The molecule has 0 aliphatic rings. The van der Waals surface area contributed by atoms with Gasteiger partial charge >= 0.3 is 11.9 Å². The SMILES string of the molecule is COC(=O)c1c(NC(C)=O)oc2c1c(C)c(OC(C)=O)c1ccccc12. The molecule has 1 aromatic heterocycles. The summed E-state index contributed by atoms with van der Waals surface area (Å²) >= 11 is 0. The molecule has 3 aromatic rings. The van der Waals surface area contributed by atoms with Crippen molar-refractivity contribution in [3.8, 4) is 5.75 Å². The molecule has 0 fully saturated rings. The summed E-state index contributed by atoms with van der Waals surface area (Å²) in [6, 6.07) is 7.18. The second-order valence-electron chi connectivity index (χ2n) is 5.78. The number of hydrogen-bond donors (Lipinski definition) is 1. The van der Waals surface area contributed by atoms with Gasteiger partial charge in [-0.2, -0.15) is 0 Å². The van der Waals surface area contributed by atoms with Crippen LogP contribution in [0.4, 0.5) is 5.88 Å². The lowest BCUT2D eigenvalue weighted by Crippen LogP contribution is -2.10. The van der Waals surface area contributed by atoms with E-state index >= 15 is 0 Å². The lowest BCUT2D eigenvalue weighted by molar-refractivity contribution is -0.131. The molecule has 7 heteroatoms. The quantitative estimate of drug-likeness (QED) is 0.570. The Hall–Kier alpha value is -3.35. The number of rotatable bonds is 3. The highest BCUT2D eigenvalue weighted by atomic mass is 16.5. The Morgan fingerprint density at radius 1 is 1.08 bits per heavy atom. The number of hydrogen-bond acceptors (Lipinski definition) is 6. The van der Waals surface area contributed by atoms with Gasteiger partial charge in [0.2, 0.25) is 11.8 Å². The van der Waals surface area contributed by atoms with E-state index in [1.807, 2.05) is 0 Å². The van der Waals surface area contributed by atoms with E-state index in [2.05, 4.69) is 5.32 Å². The number of esters is 2. The molecule has 0 aliphatic heterocycles. The Labute approximate surface area is 148 Å². The molecule has 0 saturated carbocycles. The van der Waals surface area contributed by atoms with Gasteiger partial charge in [-0.05, 0) is 6.92 Å². The first-order valence-electron chi connectivity index (χ1n) is 7.87. The van der Waals surface area contributed by atoms with Crippen molar-refractivity contribution in [2.24, 2.45) is 0 Å². The van der Waals surface area contributed by atoms with E-state index in [-0.39, 0.29) is 11.4 Å². The molecule has 0 aliphatic carbocycles. The number of methoxy groups -OCH3 is 1. The third-order valence-corrected chi connectivity index (χ3v) is 3.97. The van der Waals surface area contributed by atoms with E-state index < -0.39 is 17.8 Å². The van der Waals surface area contributed by atoms with Crippen LogP contribution < -0.4 is 10.1 Å². The predicted molar refractivity (Wildman–Crippen MR) is 95.4 cm³/mol. The first-order valence-corrected chi connectivity index (χ1v) is 7.87. The molecule has 1 heterocycles. The lowest BCUT2D eigenvalue weighted by atomic mass is 9.99. The van der Waals surface area contributed by atoms with Crippen LogP contribution in [0.2, 0.25) is 0 Å². The normalized spacial score (nSPS) is 10.8. The molecule has 3 rings (SSSR count). The summed E-state index contributed by atoms with van der Waals surface area (Å²) in [6.45, 7) is 4.33. The number of aryl methyl sites for hydroxylation is 1. The number of carbonyl (C=O) groups excluding carboxylic acids is 3. The van der Waals surface area contributed by atoms with Crippen LogP contribution in [0.15, 0.2) is 28.7 Å². The van der Waals surface area contributed by atoms with Crippen LogP contribution >= 0.6 is 0 Å². The number of ether oxygens (including phenoxy) is 2. The van der Waals surface area contributed by atoms with Gasteiger partial charge in [-0.25, -0.2) is 4.79 Å². The molecule has 0 spiro atoms. The Morgan fingerprint density at radius 3 is 2.31 bits per heavy atom. The van der Waals surface area contributed by atoms with Gasteiger partial charge in [-0.15, -0.1) is 0 Å². The zero-order chi connectivity index (χ0) is 19.0. The van der Waals surface area contributed by atoms with Gasteiger partial charge in [0, 0.05) is 35.6 Å². The molecule has 1 amide bonds. The van der Waals surface area contributed by atoms with Crippen LogP contribution in [0.1, 0.15) is 29.8 Å². The highest BCUT2D eigenvalue weighted by Gasteiger charge is 2.28. The fraction of sp³-hybridized carbons (Fsp3) is 0.211. The predicted octanol–water partition coefficient (Wildman–Crippen LogP) is 3.56. The first kappa shape index (κ1) is 17.5. The molecular weight excluding hydrogens is 338 g/mol. The maximum atomic E-state index is 12.4. The van der Waals surface area contributed by atoms with Crippen molar-refractivity contribution < 1.29 is 28.3 Å². The van der Waals surface area contributed by atoms with Crippen LogP contribution in [-0.2, 0) is 14.3 Å². The monoisotopic (exact) mass is 355 g/mol. The maximum absolute atomic E-state index is 12.4. The second kappa shape index (κ2) is 6.51. The number of amides is 1.